The van der Waals surface area contributed by atoms with E-state index in [0.29, 0.717) is 12.0 Å². The molecule has 0 aliphatic rings. The Morgan fingerprint density at radius 1 is 1.56 bits per heavy atom. The number of aromatic nitrogens is 2. The summed E-state index contributed by atoms with van der Waals surface area (Å²) in [4.78, 5) is 11.9. The van der Waals surface area contributed by atoms with Crippen molar-refractivity contribution in [1.29, 1.82) is 0 Å². The van der Waals surface area contributed by atoms with Crippen LogP contribution in [-0.4, -0.2) is 21.6 Å². The van der Waals surface area contributed by atoms with E-state index in [9.17, 15) is 4.79 Å². The van der Waals surface area contributed by atoms with Gasteiger partial charge in [0.25, 0.3) is 0 Å². The maximum Gasteiger partial charge on any atom is 0.167 e. The molecule has 0 radical (unpaired) electrons. The van der Waals surface area contributed by atoms with Gasteiger partial charge < -0.3 is 5.73 Å². The maximum atomic E-state index is 11.9. The summed E-state index contributed by atoms with van der Waals surface area (Å²) in [7, 11) is 0. The molecule has 0 saturated heterocycles. The molecular formula is C12H21N3O. The summed E-state index contributed by atoms with van der Waals surface area (Å²) in [6.07, 6.45) is 3.76. The Balaban J connectivity index is 2.66. The molecule has 90 valence electrons. The van der Waals surface area contributed by atoms with Crippen LogP contribution in [0.2, 0.25) is 0 Å². The van der Waals surface area contributed by atoms with E-state index in [1.807, 2.05) is 27.7 Å². The number of nitrogens with two attached hydrogens (primary N) is 1. The van der Waals surface area contributed by atoms with Gasteiger partial charge in [0, 0.05) is 25.2 Å². The van der Waals surface area contributed by atoms with Crippen LogP contribution in [0, 0.1) is 5.41 Å². The second kappa shape index (κ2) is 4.78. The van der Waals surface area contributed by atoms with Gasteiger partial charge in [0.1, 0.15) is 0 Å². The number of ketones is 1. The highest BCUT2D eigenvalue weighted by Crippen LogP contribution is 2.21. The second-order valence-electron chi connectivity index (χ2n) is 5.18. The van der Waals surface area contributed by atoms with Gasteiger partial charge in [0.2, 0.25) is 0 Å². The summed E-state index contributed by atoms with van der Waals surface area (Å²) in [6, 6.07) is -0.120. The molecule has 1 heterocycles. The number of carbonyl (C=O) groups is 1. The van der Waals surface area contributed by atoms with E-state index in [4.69, 9.17) is 5.73 Å². The quantitative estimate of drug-likeness (QED) is 0.792. The molecule has 1 aromatic rings. The number of hydrogen-bond acceptors (Lipinski definition) is 3. The monoisotopic (exact) mass is 223 g/mol. The zero-order valence-corrected chi connectivity index (χ0v) is 10.5. The Bertz CT molecular complexity index is 363. The summed E-state index contributed by atoms with van der Waals surface area (Å²) in [5.41, 5.74) is 6.59. The number of nitrogens with zero attached hydrogens (tertiary/aromatic N) is 2. The van der Waals surface area contributed by atoms with Gasteiger partial charge in [0.05, 0.1) is 11.8 Å². The molecule has 0 spiro atoms. The van der Waals surface area contributed by atoms with Crippen LogP contribution < -0.4 is 5.73 Å². The average molecular weight is 223 g/mol. The van der Waals surface area contributed by atoms with Crippen LogP contribution in [0.5, 0.6) is 0 Å². The SMILES string of the molecule is CCn1cc(C(=O)CC(N)C(C)(C)C)cn1. The van der Waals surface area contributed by atoms with Crippen LogP contribution in [0.1, 0.15) is 44.5 Å². The predicted molar refractivity (Wildman–Crippen MR) is 64.3 cm³/mol. The number of hydrogen-bond donors (Lipinski definition) is 1. The fourth-order valence-corrected chi connectivity index (χ4v) is 1.30. The van der Waals surface area contributed by atoms with Crippen LogP contribution in [0.3, 0.4) is 0 Å². The number of Topliss-reactive ketones (excluding diaryl/α,β-unsaturated/α-hetero) is 1. The smallest absolute Gasteiger partial charge is 0.167 e. The minimum absolute atomic E-state index is 0.0452. The van der Waals surface area contributed by atoms with Gasteiger partial charge in [-0.3, -0.25) is 9.48 Å². The largest absolute Gasteiger partial charge is 0.327 e. The maximum absolute atomic E-state index is 11.9. The number of carbonyl (C=O) groups excluding carboxylic acids is 1. The Labute approximate surface area is 96.8 Å². The molecule has 1 atom stereocenters. The minimum Gasteiger partial charge on any atom is -0.327 e. The van der Waals surface area contributed by atoms with Crippen LogP contribution >= 0.6 is 0 Å². The molecule has 0 saturated carbocycles. The highest BCUT2D eigenvalue weighted by molar-refractivity contribution is 5.96. The molecule has 0 aliphatic carbocycles. The molecule has 4 nitrogen and oxygen atoms in total. The molecule has 0 amide bonds. The van der Waals surface area contributed by atoms with Gasteiger partial charge in [-0.1, -0.05) is 20.8 Å². The Morgan fingerprint density at radius 2 is 2.19 bits per heavy atom. The Kier molecular flexibility index (Phi) is 3.86. The molecule has 1 rings (SSSR count). The zero-order chi connectivity index (χ0) is 12.3. The molecule has 16 heavy (non-hydrogen) atoms. The normalized spacial score (nSPS) is 13.8. The van der Waals surface area contributed by atoms with E-state index < -0.39 is 0 Å². The topological polar surface area (TPSA) is 60.9 Å². The van der Waals surface area contributed by atoms with E-state index in [1.165, 1.54) is 0 Å². The second-order valence-corrected chi connectivity index (χ2v) is 5.18. The lowest BCUT2D eigenvalue weighted by Crippen LogP contribution is -2.36. The van der Waals surface area contributed by atoms with E-state index in [0.717, 1.165) is 6.54 Å². The molecular weight excluding hydrogens is 202 g/mol. The van der Waals surface area contributed by atoms with Gasteiger partial charge in [-0.15, -0.1) is 0 Å². The molecule has 4 heteroatoms. The van der Waals surface area contributed by atoms with E-state index in [1.54, 1.807) is 17.1 Å². The van der Waals surface area contributed by atoms with Crippen LogP contribution in [0.25, 0.3) is 0 Å². The van der Waals surface area contributed by atoms with Gasteiger partial charge in [-0.2, -0.15) is 5.10 Å². The first-order valence-electron chi connectivity index (χ1n) is 5.66. The highest BCUT2D eigenvalue weighted by Gasteiger charge is 2.24. The molecule has 1 unspecified atom stereocenters. The van der Waals surface area contributed by atoms with Crippen LogP contribution in [0.4, 0.5) is 0 Å². The van der Waals surface area contributed by atoms with Gasteiger partial charge in [-0.25, -0.2) is 0 Å². The molecule has 0 aromatic carbocycles. The molecule has 0 fully saturated rings. The standard InChI is InChI=1S/C12H21N3O/c1-5-15-8-9(7-14-15)10(16)6-11(13)12(2,3)4/h7-8,11H,5-6,13H2,1-4H3. The van der Waals surface area contributed by atoms with Gasteiger partial charge in [-0.05, 0) is 12.3 Å². The summed E-state index contributed by atoms with van der Waals surface area (Å²) < 4.78 is 1.75. The van der Waals surface area contributed by atoms with Crippen molar-refractivity contribution in [2.24, 2.45) is 11.1 Å². The number of aryl methyl sites for hydroxylation is 1. The third-order valence-electron chi connectivity index (χ3n) is 2.80. The van der Waals surface area contributed by atoms with Crippen molar-refractivity contribution in [2.75, 3.05) is 0 Å². The van der Waals surface area contributed by atoms with Crippen molar-refractivity contribution < 1.29 is 4.79 Å². The van der Waals surface area contributed by atoms with E-state index >= 15 is 0 Å². The summed E-state index contributed by atoms with van der Waals surface area (Å²) in [6.45, 7) is 8.89. The van der Waals surface area contributed by atoms with Crippen LogP contribution in [0.15, 0.2) is 12.4 Å². The first-order chi connectivity index (χ1) is 7.34. The fourth-order valence-electron chi connectivity index (χ4n) is 1.30. The fraction of sp³-hybridized carbons (Fsp3) is 0.667. The van der Waals surface area contributed by atoms with Gasteiger partial charge >= 0.3 is 0 Å². The van der Waals surface area contributed by atoms with Gasteiger partial charge in [0.15, 0.2) is 5.78 Å². The average Bonchev–Trinajstić information content (AvgIpc) is 2.64. The predicted octanol–water partition coefficient (Wildman–Crippen LogP) is 1.85. The lowest BCUT2D eigenvalue weighted by atomic mass is 9.84. The molecule has 1 aromatic heterocycles. The summed E-state index contributed by atoms with van der Waals surface area (Å²) in [5, 5.41) is 4.08. The van der Waals surface area contributed by atoms with E-state index in [2.05, 4.69) is 5.10 Å². The lowest BCUT2D eigenvalue weighted by Gasteiger charge is -2.26. The lowest BCUT2D eigenvalue weighted by molar-refractivity contribution is 0.0953. The minimum atomic E-state index is -0.120. The summed E-state index contributed by atoms with van der Waals surface area (Å²) in [5.74, 6) is 0.0714. The highest BCUT2D eigenvalue weighted by atomic mass is 16.1. The molecule has 0 bridgehead atoms. The molecule has 0 aliphatic heterocycles. The Morgan fingerprint density at radius 3 is 2.62 bits per heavy atom. The first kappa shape index (κ1) is 12.9. The molecule has 2 N–H and O–H groups in total. The van der Waals surface area contributed by atoms with Crippen molar-refractivity contribution in [3.05, 3.63) is 18.0 Å². The third kappa shape index (κ3) is 3.17. The zero-order valence-electron chi connectivity index (χ0n) is 10.5. The Hall–Kier alpha value is -1.16. The summed E-state index contributed by atoms with van der Waals surface area (Å²) >= 11 is 0. The van der Waals surface area contributed by atoms with Crippen LogP contribution in [-0.2, 0) is 6.54 Å². The van der Waals surface area contributed by atoms with Crippen molar-refractivity contribution in [3.63, 3.8) is 0 Å². The van der Waals surface area contributed by atoms with Crippen molar-refractivity contribution in [1.82, 2.24) is 9.78 Å². The van der Waals surface area contributed by atoms with Crippen molar-refractivity contribution in [2.45, 2.75) is 46.7 Å². The number of rotatable bonds is 4. The third-order valence-corrected chi connectivity index (χ3v) is 2.80. The first-order valence-corrected chi connectivity index (χ1v) is 5.66. The van der Waals surface area contributed by atoms with Crippen molar-refractivity contribution >= 4 is 5.78 Å². The van der Waals surface area contributed by atoms with Crippen molar-refractivity contribution in [3.8, 4) is 0 Å². The van der Waals surface area contributed by atoms with E-state index in [-0.39, 0.29) is 17.2 Å².